The Balaban J connectivity index is 2.81. The van der Waals surface area contributed by atoms with E-state index < -0.39 is 0 Å². The second-order valence-corrected chi connectivity index (χ2v) is 3.60. The van der Waals surface area contributed by atoms with Gasteiger partial charge in [0.1, 0.15) is 6.04 Å². The molecule has 1 aliphatic rings. The first-order chi connectivity index (χ1) is 6.11. The highest BCUT2D eigenvalue weighted by Crippen LogP contribution is 2.28. The minimum atomic E-state index is -0.277. The number of hydrogen-bond acceptors (Lipinski definition) is 3. The summed E-state index contributed by atoms with van der Waals surface area (Å²) in [5.74, 6) is 0.267. The molecule has 72 valence electrons. The van der Waals surface area contributed by atoms with E-state index in [0.29, 0.717) is 5.92 Å². The van der Waals surface area contributed by atoms with Crippen LogP contribution in [0.4, 0.5) is 0 Å². The quantitative estimate of drug-likeness (QED) is 0.623. The molecular weight excluding hydrogens is 166 g/mol. The van der Waals surface area contributed by atoms with Crippen LogP contribution in [-0.4, -0.2) is 29.4 Å². The summed E-state index contributed by atoms with van der Waals surface area (Å²) in [5, 5.41) is 8.83. The van der Waals surface area contributed by atoms with Crippen LogP contribution < -0.4 is 5.73 Å². The summed E-state index contributed by atoms with van der Waals surface area (Å²) < 4.78 is 0. The average Bonchev–Trinajstić information content (AvgIpc) is 2.42. The maximum Gasteiger partial charge on any atom is 0.237 e. The maximum atomic E-state index is 11.4. The van der Waals surface area contributed by atoms with Crippen LogP contribution >= 0.6 is 0 Å². The second-order valence-electron chi connectivity index (χ2n) is 3.60. The SMILES string of the molecule is CC1[C@@H](C)CC(C#N)N1C(=O)CN. The van der Waals surface area contributed by atoms with Crippen molar-refractivity contribution in [3.63, 3.8) is 0 Å². The molecule has 2 N–H and O–H groups in total. The Morgan fingerprint density at radius 2 is 2.31 bits per heavy atom. The van der Waals surface area contributed by atoms with Crippen LogP contribution in [0.15, 0.2) is 0 Å². The van der Waals surface area contributed by atoms with Crippen molar-refractivity contribution in [2.24, 2.45) is 11.7 Å². The van der Waals surface area contributed by atoms with Crippen LogP contribution in [-0.2, 0) is 4.79 Å². The van der Waals surface area contributed by atoms with Gasteiger partial charge < -0.3 is 10.6 Å². The molecule has 0 saturated carbocycles. The minimum Gasteiger partial charge on any atom is -0.323 e. The third-order valence-electron chi connectivity index (χ3n) is 2.80. The summed E-state index contributed by atoms with van der Waals surface area (Å²) in [7, 11) is 0. The smallest absolute Gasteiger partial charge is 0.237 e. The van der Waals surface area contributed by atoms with Crippen LogP contribution in [0.25, 0.3) is 0 Å². The van der Waals surface area contributed by atoms with Gasteiger partial charge in [-0.1, -0.05) is 6.92 Å². The Morgan fingerprint density at radius 3 is 2.77 bits per heavy atom. The lowest BCUT2D eigenvalue weighted by Gasteiger charge is -2.24. The molecule has 4 heteroatoms. The summed E-state index contributed by atoms with van der Waals surface area (Å²) in [4.78, 5) is 13.0. The van der Waals surface area contributed by atoms with Crippen molar-refractivity contribution in [2.45, 2.75) is 32.4 Å². The summed E-state index contributed by atoms with van der Waals surface area (Å²) in [6, 6.07) is 2.00. The van der Waals surface area contributed by atoms with E-state index in [9.17, 15) is 4.79 Å². The van der Waals surface area contributed by atoms with Gasteiger partial charge in [0, 0.05) is 6.04 Å². The molecule has 0 aromatic carbocycles. The van der Waals surface area contributed by atoms with Gasteiger partial charge in [-0.2, -0.15) is 5.26 Å². The number of rotatable bonds is 1. The van der Waals surface area contributed by atoms with E-state index in [1.165, 1.54) is 0 Å². The fourth-order valence-electron chi connectivity index (χ4n) is 1.84. The summed E-state index contributed by atoms with van der Waals surface area (Å²) in [6.45, 7) is 4.02. The topological polar surface area (TPSA) is 70.1 Å². The number of nitrogens with zero attached hydrogens (tertiary/aromatic N) is 2. The molecule has 1 amide bonds. The van der Waals surface area contributed by atoms with Crippen LogP contribution in [0.3, 0.4) is 0 Å². The zero-order valence-corrected chi connectivity index (χ0v) is 8.03. The lowest BCUT2D eigenvalue weighted by molar-refractivity contribution is -0.131. The first-order valence-corrected chi connectivity index (χ1v) is 4.52. The minimum absolute atomic E-state index is 0.00472. The number of carbonyl (C=O) groups is 1. The monoisotopic (exact) mass is 181 g/mol. The number of nitrogens with two attached hydrogens (primary N) is 1. The van der Waals surface area contributed by atoms with E-state index in [0.717, 1.165) is 6.42 Å². The van der Waals surface area contributed by atoms with Crippen LogP contribution in [0.1, 0.15) is 20.3 Å². The first kappa shape index (κ1) is 10.0. The zero-order valence-electron chi connectivity index (χ0n) is 8.03. The largest absolute Gasteiger partial charge is 0.323 e. The molecule has 0 aromatic rings. The van der Waals surface area contributed by atoms with E-state index >= 15 is 0 Å². The lowest BCUT2D eigenvalue weighted by Crippen LogP contribution is -2.43. The van der Waals surface area contributed by atoms with Crippen molar-refractivity contribution < 1.29 is 4.79 Å². The molecule has 0 radical (unpaired) electrons. The molecule has 2 unspecified atom stereocenters. The van der Waals surface area contributed by atoms with Gasteiger partial charge >= 0.3 is 0 Å². The number of likely N-dealkylation sites (tertiary alicyclic amines) is 1. The molecule has 4 nitrogen and oxygen atoms in total. The van der Waals surface area contributed by atoms with E-state index in [4.69, 9.17) is 11.0 Å². The Labute approximate surface area is 78.3 Å². The normalized spacial score (nSPS) is 33.1. The molecule has 1 fully saturated rings. The third kappa shape index (κ3) is 1.65. The number of nitriles is 1. The average molecular weight is 181 g/mol. The van der Waals surface area contributed by atoms with Crippen LogP contribution in [0.2, 0.25) is 0 Å². The fraction of sp³-hybridized carbons (Fsp3) is 0.778. The fourth-order valence-corrected chi connectivity index (χ4v) is 1.84. The van der Waals surface area contributed by atoms with Crippen molar-refractivity contribution in [1.29, 1.82) is 5.26 Å². The lowest BCUT2D eigenvalue weighted by atomic mass is 10.0. The first-order valence-electron chi connectivity index (χ1n) is 4.52. The molecule has 0 aromatic heterocycles. The Kier molecular flexibility index (Phi) is 2.89. The Hall–Kier alpha value is -1.08. The van der Waals surface area contributed by atoms with Crippen molar-refractivity contribution in [3.8, 4) is 6.07 Å². The second kappa shape index (κ2) is 3.75. The number of hydrogen-bond donors (Lipinski definition) is 1. The van der Waals surface area contributed by atoms with E-state index in [2.05, 4.69) is 13.0 Å². The molecule has 1 heterocycles. The molecule has 1 saturated heterocycles. The van der Waals surface area contributed by atoms with Gasteiger partial charge in [0.25, 0.3) is 0 Å². The van der Waals surface area contributed by atoms with Crippen LogP contribution in [0, 0.1) is 17.2 Å². The van der Waals surface area contributed by atoms with Gasteiger partial charge in [-0.15, -0.1) is 0 Å². The molecule has 0 aliphatic carbocycles. The molecule has 0 bridgehead atoms. The molecule has 3 atom stereocenters. The summed E-state index contributed by atoms with van der Waals surface area (Å²) in [6.07, 6.45) is 0.767. The summed E-state index contributed by atoms with van der Waals surface area (Å²) >= 11 is 0. The van der Waals surface area contributed by atoms with Gasteiger partial charge in [-0.25, -0.2) is 0 Å². The Bertz CT molecular complexity index is 246. The maximum absolute atomic E-state index is 11.4. The highest BCUT2D eigenvalue weighted by atomic mass is 16.2. The van der Waals surface area contributed by atoms with Crippen molar-refractivity contribution in [3.05, 3.63) is 0 Å². The number of amides is 1. The van der Waals surface area contributed by atoms with E-state index in [1.54, 1.807) is 4.90 Å². The third-order valence-corrected chi connectivity index (χ3v) is 2.80. The van der Waals surface area contributed by atoms with Gasteiger partial charge in [-0.05, 0) is 19.3 Å². The highest BCUT2D eigenvalue weighted by molar-refractivity contribution is 5.79. The number of carbonyl (C=O) groups excluding carboxylic acids is 1. The van der Waals surface area contributed by atoms with E-state index in [1.807, 2.05) is 6.92 Å². The van der Waals surface area contributed by atoms with Gasteiger partial charge in [0.15, 0.2) is 0 Å². The molecule has 1 aliphatic heterocycles. The van der Waals surface area contributed by atoms with Gasteiger partial charge in [-0.3, -0.25) is 4.79 Å². The predicted octanol–water partition coefficient (Wildman–Crippen LogP) is 0.0942. The van der Waals surface area contributed by atoms with Gasteiger partial charge in [0.05, 0.1) is 12.6 Å². The molecule has 1 rings (SSSR count). The summed E-state index contributed by atoms with van der Waals surface area (Å²) in [5.41, 5.74) is 5.28. The van der Waals surface area contributed by atoms with E-state index in [-0.39, 0.29) is 24.5 Å². The van der Waals surface area contributed by atoms with Gasteiger partial charge in [0.2, 0.25) is 5.91 Å². The molecular formula is C9H15N3O. The van der Waals surface area contributed by atoms with Crippen molar-refractivity contribution in [1.82, 2.24) is 4.90 Å². The van der Waals surface area contributed by atoms with Crippen molar-refractivity contribution in [2.75, 3.05) is 6.54 Å². The Morgan fingerprint density at radius 1 is 1.69 bits per heavy atom. The predicted molar refractivity (Wildman–Crippen MR) is 48.5 cm³/mol. The van der Waals surface area contributed by atoms with Crippen LogP contribution in [0.5, 0.6) is 0 Å². The molecule has 13 heavy (non-hydrogen) atoms. The van der Waals surface area contributed by atoms with Crippen molar-refractivity contribution >= 4 is 5.91 Å². The molecule has 0 spiro atoms. The standard InChI is InChI=1S/C9H15N3O/c1-6-3-8(4-10)12(7(6)2)9(13)5-11/h6-8H,3,5,11H2,1-2H3/t6-,7?,8?/m0/s1. The zero-order chi connectivity index (χ0) is 10.0. The highest BCUT2D eigenvalue weighted by Gasteiger charge is 2.38.